The SMILES string of the molecule is CC1CC[C@@]2(OC1)O[C@H]1C[C@H]3[C@@H]4CCC5CCCC(O[Si](C)(C)C)[C@]5(C)[C@H]4CC(=O)[C@]3(C)[C@H]1[C@@H]2C. The average molecular weight is 503 g/mol. The van der Waals surface area contributed by atoms with Gasteiger partial charge in [-0.25, -0.2) is 0 Å². The molecule has 35 heavy (non-hydrogen) atoms. The van der Waals surface area contributed by atoms with Crippen molar-refractivity contribution in [2.75, 3.05) is 6.61 Å². The summed E-state index contributed by atoms with van der Waals surface area (Å²) in [6, 6.07) is 0. The van der Waals surface area contributed by atoms with Crippen LogP contribution in [-0.4, -0.2) is 38.7 Å². The topological polar surface area (TPSA) is 44.8 Å². The number of ether oxygens (including phenoxy) is 2. The number of ketones is 1. The number of hydrogen-bond acceptors (Lipinski definition) is 4. The molecule has 0 aromatic heterocycles. The van der Waals surface area contributed by atoms with Crippen molar-refractivity contribution in [3.63, 3.8) is 0 Å². The molecular weight excluding hydrogens is 452 g/mol. The van der Waals surface area contributed by atoms with Crippen LogP contribution in [0.4, 0.5) is 0 Å². The maximum atomic E-state index is 14.3. The number of Topliss-reactive ketones (excluding diaryl/α,β-unsaturated/α-hetero) is 1. The number of hydrogen-bond donors (Lipinski definition) is 0. The van der Waals surface area contributed by atoms with E-state index in [1.807, 2.05) is 0 Å². The van der Waals surface area contributed by atoms with Crippen molar-refractivity contribution < 1.29 is 18.7 Å². The van der Waals surface area contributed by atoms with Crippen LogP contribution in [0.2, 0.25) is 19.6 Å². The van der Waals surface area contributed by atoms with Gasteiger partial charge in [0.15, 0.2) is 14.1 Å². The maximum Gasteiger partial charge on any atom is 0.184 e. The summed E-state index contributed by atoms with van der Waals surface area (Å²) in [5.74, 6) is 3.57. The zero-order valence-electron chi connectivity index (χ0n) is 23.4. The lowest BCUT2D eigenvalue weighted by Crippen LogP contribution is -2.62. The lowest BCUT2D eigenvalue weighted by Gasteiger charge is -2.62. The Morgan fingerprint density at radius 3 is 2.46 bits per heavy atom. The average Bonchev–Trinajstić information content (AvgIpc) is 3.22. The van der Waals surface area contributed by atoms with E-state index < -0.39 is 14.1 Å². The maximum absolute atomic E-state index is 14.3. The van der Waals surface area contributed by atoms with Gasteiger partial charge in [-0.2, -0.15) is 0 Å². The Morgan fingerprint density at radius 1 is 1.00 bits per heavy atom. The highest BCUT2D eigenvalue weighted by Crippen LogP contribution is 2.70. The Bertz CT molecular complexity index is 859. The first-order valence-electron chi connectivity index (χ1n) is 14.9. The summed E-state index contributed by atoms with van der Waals surface area (Å²) in [5.41, 5.74) is -0.110. The molecule has 6 aliphatic rings. The first-order chi connectivity index (χ1) is 16.4. The Balaban J connectivity index is 1.31. The van der Waals surface area contributed by atoms with Crippen molar-refractivity contribution in [3.05, 3.63) is 0 Å². The van der Waals surface area contributed by atoms with Crippen molar-refractivity contribution in [1.82, 2.24) is 0 Å². The molecule has 0 N–H and O–H groups in total. The van der Waals surface area contributed by atoms with Gasteiger partial charge < -0.3 is 13.9 Å². The van der Waals surface area contributed by atoms with Crippen molar-refractivity contribution in [3.8, 4) is 0 Å². The van der Waals surface area contributed by atoms with Crippen LogP contribution in [0.25, 0.3) is 0 Å². The number of carbonyl (C=O) groups is 1. The predicted octanol–water partition coefficient (Wildman–Crippen LogP) is 6.83. The second-order valence-electron chi connectivity index (χ2n) is 15.1. The van der Waals surface area contributed by atoms with Crippen molar-refractivity contribution in [1.29, 1.82) is 0 Å². The van der Waals surface area contributed by atoms with Crippen LogP contribution in [0.15, 0.2) is 0 Å². The van der Waals surface area contributed by atoms with Gasteiger partial charge in [0.2, 0.25) is 0 Å². The lowest BCUT2D eigenvalue weighted by atomic mass is 9.43. The standard InChI is InChI=1S/C30H50O4Si/c1-18-13-14-30(32-17-18)19(2)27-24(33-30)15-22-21-12-11-20-9-8-10-26(34-35(5,6)7)28(20,3)23(21)16-25(31)29(22,27)4/h18-24,26-27H,8-17H2,1-7H3/t18?,19-,20?,21-,22-,23-,24-,26?,27-,28-,29+,30+/m0/s1. The largest absolute Gasteiger partial charge is 0.414 e. The molecular formula is C30H50O4Si. The van der Waals surface area contributed by atoms with Gasteiger partial charge in [-0.1, -0.05) is 34.1 Å². The summed E-state index contributed by atoms with van der Waals surface area (Å²) in [4.78, 5) is 14.3. The summed E-state index contributed by atoms with van der Waals surface area (Å²) >= 11 is 0. The molecule has 4 saturated carbocycles. The highest BCUT2D eigenvalue weighted by atomic mass is 28.4. The Hall–Kier alpha value is -0.233. The number of carbonyl (C=O) groups excluding carboxylic acids is 1. The highest BCUT2D eigenvalue weighted by Gasteiger charge is 2.72. The summed E-state index contributed by atoms with van der Waals surface area (Å²) < 4.78 is 20.3. The van der Waals surface area contributed by atoms with Crippen LogP contribution in [-0.2, 0) is 18.7 Å². The zero-order chi connectivity index (χ0) is 25.0. The summed E-state index contributed by atoms with van der Waals surface area (Å²) in [7, 11) is -1.66. The van der Waals surface area contributed by atoms with E-state index in [2.05, 4.69) is 47.3 Å². The first-order valence-corrected chi connectivity index (χ1v) is 18.3. The molecule has 2 heterocycles. The lowest BCUT2D eigenvalue weighted by molar-refractivity contribution is -0.272. The smallest absolute Gasteiger partial charge is 0.184 e. The molecule has 0 radical (unpaired) electrons. The van der Waals surface area contributed by atoms with Crippen LogP contribution in [0.1, 0.15) is 85.5 Å². The van der Waals surface area contributed by atoms with E-state index in [9.17, 15) is 4.79 Å². The van der Waals surface area contributed by atoms with Gasteiger partial charge in [0.1, 0.15) is 5.78 Å². The fourth-order valence-electron chi connectivity index (χ4n) is 10.6. The minimum Gasteiger partial charge on any atom is -0.414 e. The summed E-state index contributed by atoms with van der Waals surface area (Å²) in [5, 5.41) is 0. The Kier molecular flexibility index (Phi) is 5.82. The minimum absolute atomic E-state index is 0.145. The second-order valence-corrected chi connectivity index (χ2v) is 19.5. The normalized spacial score (nSPS) is 55.9. The van der Waals surface area contributed by atoms with Crippen LogP contribution < -0.4 is 0 Å². The third-order valence-corrected chi connectivity index (χ3v) is 13.3. The molecule has 4 aliphatic carbocycles. The van der Waals surface area contributed by atoms with Gasteiger partial charge in [0.05, 0.1) is 18.8 Å². The van der Waals surface area contributed by atoms with Gasteiger partial charge in [0, 0.05) is 30.1 Å². The van der Waals surface area contributed by atoms with Crippen LogP contribution >= 0.6 is 0 Å². The van der Waals surface area contributed by atoms with Gasteiger partial charge in [-0.15, -0.1) is 0 Å². The van der Waals surface area contributed by atoms with Gasteiger partial charge in [-0.3, -0.25) is 4.79 Å². The van der Waals surface area contributed by atoms with Crippen molar-refractivity contribution >= 4 is 14.1 Å². The molecule has 12 atom stereocenters. The molecule has 2 aliphatic heterocycles. The molecule has 198 valence electrons. The molecule has 0 aromatic rings. The van der Waals surface area contributed by atoms with Crippen LogP contribution in [0, 0.1) is 52.3 Å². The van der Waals surface area contributed by atoms with E-state index in [0.29, 0.717) is 53.3 Å². The minimum atomic E-state index is -1.66. The zero-order valence-corrected chi connectivity index (χ0v) is 24.4. The third kappa shape index (κ3) is 3.49. The fourth-order valence-corrected chi connectivity index (χ4v) is 11.8. The number of rotatable bonds is 2. The van der Waals surface area contributed by atoms with E-state index in [1.165, 1.54) is 38.5 Å². The summed E-state index contributed by atoms with van der Waals surface area (Å²) in [6.07, 6.45) is 10.9. The van der Waals surface area contributed by atoms with Gasteiger partial charge >= 0.3 is 0 Å². The number of fused-ring (bicyclic) bond motifs is 7. The van der Waals surface area contributed by atoms with Crippen LogP contribution in [0.3, 0.4) is 0 Å². The molecule has 0 aromatic carbocycles. The third-order valence-electron chi connectivity index (χ3n) is 12.3. The fraction of sp³-hybridized carbons (Fsp3) is 0.967. The van der Waals surface area contributed by atoms with Gasteiger partial charge in [-0.05, 0) is 93.2 Å². The molecule has 0 bridgehead atoms. The van der Waals surface area contributed by atoms with Crippen molar-refractivity contribution in [2.24, 2.45) is 52.3 Å². The Morgan fingerprint density at radius 2 is 1.77 bits per heavy atom. The summed E-state index contributed by atoms with van der Waals surface area (Å²) in [6.45, 7) is 17.3. The van der Waals surface area contributed by atoms with Gasteiger partial charge in [0.25, 0.3) is 0 Å². The molecule has 1 spiro atoms. The quantitative estimate of drug-likeness (QED) is 0.388. The molecule has 0 amide bonds. The molecule has 3 unspecified atom stereocenters. The predicted molar refractivity (Wildman–Crippen MR) is 140 cm³/mol. The van der Waals surface area contributed by atoms with E-state index >= 15 is 0 Å². The van der Waals surface area contributed by atoms with E-state index in [0.717, 1.165) is 25.9 Å². The second kappa shape index (κ2) is 8.13. The molecule has 6 rings (SSSR count). The molecule has 6 fully saturated rings. The van der Waals surface area contributed by atoms with E-state index in [4.69, 9.17) is 13.9 Å². The Labute approximate surface area is 214 Å². The van der Waals surface area contributed by atoms with E-state index in [1.54, 1.807) is 0 Å². The molecule has 5 heteroatoms. The van der Waals surface area contributed by atoms with Crippen molar-refractivity contribution in [2.45, 2.75) is 123 Å². The molecule has 2 saturated heterocycles. The first kappa shape index (κ1) is 25.1. The van der Waals surface area contributed by atoms with Crippen LogP contribution in [0.5, 0.6) is 0 Å². The monoisotopic (exact) mass is 502 g/mol. The molecule has 4 nitrogen and oxygen atoms in total. The highest BCUT2D eigenvalue weighted by molar-refractivity contribution is 6.69. The van der Waals surface area contributed by atoms with E-state index in [-0.39, 0.29) is 16.9 Å².